The van der Waals surface area contributed by atoms with Gasteiger partial charge in [0.1, 0.15) is 6.17 Å². The maximum atomic E-state index is 13.9. The van der Waals surface area contributed by atoms with Crippen molar-refractivity contribution in [3.8, 4) is 0 Å². The van der Waals surface area contributed by atoms with Gasteiger partial charge in [-0.1, -0.05) is 20.8 Å². The Balaban J connectivity index is 1.98. The van der Waals surface area contributed by atoms with E-state index in [1.54, 1.807) is 0 Å². The van der Waals surface area contributed by atoms with Crippen molar-refractivity contribution in [1.82, 2.24) is 4.90 Å². The molecule has 0 aromatic carbocycles. The van der Waals surface area contributed by atoms with Gasteiger partial charge in [0, 0.05) is 17.6 Å². The largest absolute Gasteiger partial charge is 0.288 e. The van der Waals surface area contributed by atoms with Crippen molar-refractivity contribution in [1.29, 1.82) is 0 Å². The number of rotatable bonds is 0. The normalized spacial score (nSPS) is 42.4. The third-order valence-electron chi connectivity index (χ3n) is 5.71. The zero-order chi connectivity index (χ0) is 11.6. The Morgan fingerprint density at radius 3 is 2.31 bits per heavy atom. The summed E-state index contributed by atoms with van der Waals surface area (Å²) in [7, 11) is 0. The minimum atomic E-state index is -0.586. The van der Waals surface area contributed by atoms with Crippen LogP contribution >= 0.6 is 0 Å². The minimum absolute atomic E-state index is 0.160. The molecule has 92 valence electrons. The topological polar surface area (TPSA) is 3.24 Å². The van der Waals surface area contributed by atoms with Gasteiger partial charge < -0.3 is 0 Å². The highest BCUT2D eigenvalue weighted by atomic mass is 19.1. The molecule has 0 aromatic rings. The first kappa shape index (κ1) is 11.0. The maximum Gasteiger partial charge on any atom is 0.115 e. The molecule has 1 saturated carbocycles. The van der Waals surface area contributed by atoms with Crippen LogP contribution in [0, 0.1) is 5.41 Å². The van der Waals surface area contributed by atoms with Gasteiger partial charge >= 0.3 is 0 Å². The SMILES string of the molecule is CC(C)(C)C12CCC3(CCC3)N1CC(F)C2. The summed E-state index contributed by atoms with van der Waals surface area (Å²) >= 11 is 0. The van der Waals surface area contributed by atoms with Gasteiger partial charge in [0.05, 0.1) is 0 Å². The van der Waals surface area contributed by atoms with Crippen LogP contribution in [0.3, 0.4) is 0 Å². The quantitative estimate of drug-likeness (QED) is 0.609. The Kier molecular flexibility index (Phi) is 2.07. The smallest absolute Gasteiger partial charge is 0.115 e. The lowest BCUT2D eigenvalue weighted by Crippen LogP contribution is -2.58. The lowest BCUT2D eigenvalue weighted by Gasteiger charge is -2.52. The van der Waals surface area contributed by atoms with Gasteiger partial charge in [-0.2, -0.15) is 0 Å². The molecule has 2 aliphatic heterocycles. The first-order valence-corrected chi connectivity index (χ1v) is 6.82. The summed E-state index contributed by atoms with van der Waals surface area (Å²) < 4.78 is 13.9. The van der Waals surface area contributed by atoms with Gasteiger partial charge in [-0.25, -0.2) is 4.39 Å². The minimum Gasteiger partial charge on any atom is -0.288 e. The second-order valence-corrected chi connectivity index (χ2v) is 7.27. The summed E-state index contributed by atoms with van der Waals surface area (Å²) in [6.45, 7) is 7.61. The number of alkyl halides is 1. The van der Waals surface area contributed by atoms with Crippen LogP contribution in [0.2, 0.25) is 0 Å². The van der Waals surface area contributed by atoms with Gasteiger partial charge in [0.25, 0.3) is 0 Å². The fraction of sp³-hybridized carbons (Fsp3) is 1.00. The standard InChI is InChI=1S/C14H24FN/c1-12(2,3)14-8-7-13(5-4-6-13)16(14)10-11(15)9-14/h11H,4-10H2,1-3H3. The Labute approximate surface area is 98.4 Å². The van der Waals surface area contributed by atoms with E-state index in [9.17, 15) is 4.39 Å². The molecule has 2 saturated heterocycles. The van der Waals surface area contributed by atoms with Gasteiger partial charge in [-0.15, -0.1) is 0 Å². The maximum absolute atomic E-state index is 13.9. The van der Waals surface area contributed by atoms with Gasteiger partial charge in [-0.3, -0.25) is 4.90 Å². The van der Waals surface area contributed by atoms with E-state index in [0.29, 0.717) is 12.1 Å². The van der Waals surface area contributed by atoms with Crippen LogP contribution in [0.4, 0.5) is 4.39 Å². The third kappa shape index (κ3) is 1.15. The first-order valence-electron chi connectivity index (χ1n) is 6.82. The van der Waals surface area contributed by atoms with E-state index >= 15 is 0 Å². The predicted octanol–water partition coefficient (Wildman–Crippen LogP) is 3.53. The van der Waals surface area contributed by atoms with Crippen LogP contribution in [0.1, 0.15) is 59.3 Å². The molecular weight excluding hydrogens is 201 g/mol. The van der Waals surface area contributed by atoms with Gasteiger partial charge in [0.2, 0.25) is 0 Å². The molecular formula is C14H24FN. The van der Waals surface area contributed by atoms with Crippen LogP contribution in [0.5, 0.6) is 0 Å². The average molecular weight is 225 g/mol. The lowest BCUT2D eigenvalue weighted by atomic mass is 9.71. The van der Waals surface area contributed by atoms with Crippen molar-refractivity contribution in [2.45, 2.75) is 76.5 Å². The summed E-state index contributed by atoms with van der Waals surface area (Å²) in [5.41, 5.74) is 0.786. The van der Waals surface area contributed by atoms with Crippen LogP contribution in [-0.2, 0) is 0 Å². The lowest BCUT2D eigenvalue weighted by molar-refractivity contribution is -0.0325. The molecule has 0 amide bonds. The molecule has 2 atom stereocenters. The van der Waals surface area contributed by atoms with Gasteiger partial charge in [0.15, 0.2) is 0 Å². The summed E-state index contributed by atoms with van der Waals surface area (Å²) in [5.74, 6) is 0. The highest BCUT2D eigenvalue weighted by Gasteiger charge is 2.64. The van der Waals surface area contributed by atoms with E-state index in [4.69, 9.17) is 0 Å². The molecule has 2 heterocycles. The summed E-state index contributed by atoms with van der Waals surface area (Å²) in [5, 5.41) is 0. The molecule has 3 fully saturated rings. The van der Waals surface area contributed by atoms with Crippen molar-refractivity contribution in [3.63, 3.8) is 0 Å². The highest BCUT2D eigenvalue weighted by molar-refractivity contribution is 5.19. The van der Waals surface area contributed by atoms with Crippen molar-refractivity contribution in [3.05, 3.63) is 0 Å². The molecule has 0 N–H and O–H groups in total. The molecule has 1 aliphatic carbocycles. The van der Waals surface area contributed by atoms with Crippen molar-refractivity contribution in [2.24, 2.45) is 5.41 Å². The zero-order valence-electron chi connectivity index (χ0n) is 10.9. The van der Waals surface area contributed by atoms with E-state index in [2.05, 4.69) is 25.7 Å². The van der Waals surface area contributed by atoms with E-state index in [0.717, 1.165) is 6.42 Å². The van der Waals surface area contributed by atoms with E-state index < -0.39 is 6.17 Å². The molecule has 1 nitrogen and oxygen atoms in total. The third-order valence-corrected chi connectivity index (χ3v) is 5.71. The summed E-state index contributed by atoms with van der Waals surface area (Å²) in [6, 6.07) is 0. The molecule has 0 bridgehead atoms. The molecule has 0 aromatic heterocycles. The molecule has 2 unspecified atom stereocenters. The molecule has 0 radical (unpaired) electrons. The molecule has 3 rings (SSSR count). The number of halogens is 1. The number of hydrogen-bond acceptors (Lipinski definition) is 1. The van der Waals surface area contributed by atoms with Crippen molar-refractivity contribution < 1.29 is 4.39 Å². The van der Waals surface area contributed by atoms with Gasteiger partial charge in [-0.05, 0) is 43.9 Å². The Morgan fingerprint density at radius 1 is 1.12 bits per heavy atom. The van der Waals surface area contributed by atoms with Crippen LogP contribution in [0.15, 0.2) is 0 Å². The molecule has 1 spiro atoms. The predicted molar refractivity (Wildman–Crippen MR) is 64.2 cm³/mol. The Hall–Kier alpha value is -0.110. The number of hydrogen-bond donors (Lipinski definition) is 0. The highest BCUT2D eigenvalue weighted by Crippen LogP contribution is 2.61. The zero-order valence-corrected chi connectivity index (χ0v) is 10.9. The average Bonchev–Trinajstić information content (AvgIpc) is 2.53. The Morgan fingerprint density at radius 2 is 1.81 bits per heavy atom. The Bertz CT molecular complexity index is 302. The van der Waals surface area contributed by atoms with Crippen LogP contribution < -0.4 is 0 Å². The second-order valence-electron chi connectivity index (χ2n) is 7.27. The van der Waals surface area contributed by atoms with E-state index in [1.807, 2.05) is 0 Å². The summed E-state index contributed by atoms with van der Waals surface area (Å²) in [6.07, 6.45) is 6.71. The fourth-order valence-corrected chi connectivity index (χ4v) is 4.56. The van der Waals surface area contributed by atoms with Crippen molar-refractivity contribution in [2.75, 3.05) is 6.54 Å². The summed E-state index contributed by atoms with van der Waals surface area (Å²) in [4.78, 5) is 2.59. The fourth-order valence-electron chi connectivity index (χ4n) is 4.56. The monoisotopic (exact) mass is 225 g/mol. The number of nitrogens with zero attached hydrogens (tertiary/aromatic N) is 1. The molecule has 2 heteroatoms. The van der Waals surface area contributed by atoms with Crippen molar-refractivity contribution >= 4 is 0 Å². The number of fused-ring (bicyclic) bond motifs is 2. The molecule has 16 heavy (non-hydrogen) atoms. The second kappa shape index (κ2) is 3.01. The first-order chi connectivity index (χ1) is 7.40. The van der Waals surface area contributed by atoms with Crippen LogP contribution in [-0.4, -0.2) is 28.7 Å². The van der Waals surface area contributed by atoms with E-state index in [-0.39, 0.29) is 11.0 Å². The van der Waals surface area contributed by atoms with Crippen LogP contribution in [0.25, 0.3) is 0 Å². The molecule has 3 aliphatic rings. The van der Waals surface area contributed by atoms with E-state index in [1.165, 1.54) is 32.1 Å².